The summed E-state index contributed by atoms with van der Waals surface area (Å²) in [4.78, 5) is 2.93. The first kappa shape index (κ1) is 75.7. The molecule has 0 spiro atoms. The normalized spacial score (nSPS) is 13.0. The molecule has 0 saturated heterocycles. The summed E-state index contributed by atoms with van der Waals surface area (Å²) >= 11 is 31.0. The number of aliphatic hydroxyl groups excluding tert-OH is 1. The number of nitrogens with two attached hydrogens (primary N) is 1. The fourth-order valence-electron chi connectivity index (χ4n) is 9.95. The third kappa shape index (κ3) is 27.8. The van der Waals surface area contributed by atoms with Crippen LogP contribution in [0.4, 0.5) is 0 Å². The second-order valence-electron chi connectivity index (χ2n) is 23.5. The summed E-state index contributed by atoms with van der Waals surface area (Å²) in [6, 6.07) is 61.8. The number of aryl methyl sites for hydroxylation is 4. The third-order valence-electron chi connectivity index (χ3n) is 15.4. The van der Waals surface area contributed by atoms with Crippen LogP contribution in [0.25, 0.3) is 10.4 Å². The van der Waals surface area contributed by atoms with Gasteiger partial charge in [-0.05, 0) is 120 Å². The van der Waals surface area contributed by atoms with Gasteiger partial charge in [-0.2, -0.15) is 0 Å². The highest BCUT2D eigenvalue weighted by Gasteiger charge is 2.18. The van der Waals surface area contributed by atoms with Gasteiger partial charge in [0.15, 0.2) is 0 Å². The van der Waals surface area contributed by atoms with Crippen molar-refractivity contribution >= 4 is 58.0 Å². The lowest BCUT2D eigenvalue weighted by molar-refractivity contribution is 0.220. The van der Waals surface area contributed by atoms with Crippen LogP contribution >= 0.6 is 58.0 Å². The molecule has 8 rings (SSSR count). The van der Waals surface area contributed by atoms with E-state index in [1.807, 2.05) is 222 Å². The molecule has 0 fully saturated rings. The molecule has 8 aromatic carbocycles. The lowest BCUT2D eigenvalue weighted by Crippen LogP contribution is -2.12. The Morgan fingerprint density at radius 1 is 0.437 bits per heavy atom. The van der Waals surface area contributed by atoms with E-state index >= 15 is 0 Å². The van der Waals surface area contributed by atoms with Crippen LogP contribution < -0.4 is 5.73 Å². The molecule has 0 aliphatic heterocycles. The number of benzene rings is 8. The van der Waals surface area contributed by atoms with E-state index in [0.717, 1.165) is 89.4 Å². The zero-order valence-corrected chi connectivity index (χ0v) is 56.2. The smallest absolute Gasteiger partial charge is 0.105 e. The van der Waals surface area contributed by atoms with Crippen molar-refractivity contribution in [3.8, 4) is 0 Å². The highest BCUT2D eigenvalue weighted by Crippen LogP contribution is 2.36. The highest BCUT2D eigenvalue weighted by molar-refractivity contribution is 6.33. The van der Waals surface area contributed by atoms with Crippen LogP contribution in [0.15, 0.2) is 199 Å². The number of azide groups is 1. The molecule has 0 aromatic heterocycles. The lowest BCUT2D eigenvalue weighted by atomic mass is 9.91. The van der Waals surface area contributed by atoms with E-state index in [-0.39, 0.29) is 24.9 Å². The zero-order chi connectivity index (χ0) is 63.0. The van der Waals surface area contributed by atoms with Crippen LogP contribution in [0.5, 0.6) is 0 Å². The Balaban J connectivity index is 0.000000284. The number of aliphatic hydroxyl groups is 1. The number of rotatable bonds is 22. The van der Waals surface area contributed by atoms with E-state index in [9.17, 15) is 5.11 Å². The summed E-state index contributed by atoms with van der Waals surface area (Å²) in [6.45, 7) is 22.3. The summed E-state index contributed by atoms with van der Waals surface area (Å²) in [5.74, 6) is 3.71. The maximum Gasteiger partial charge on any atom is 0.105 e. The molecular formula is C77H97Cl5N4O. The minimum atomic E-state index is -0.659. The van der Waals surface area contributed by atoms with Crippen molar-refractivity contribution in [1.29, 1.82) is 0 Å². The van der Waals surface area contributed by atoms with Gasteiger partial charge in [0.1, 0.15) is 6.10 Å². The molecule has 7 atom stereocenters. The fourth-order valence-corrected chi connectivity index (χ4v) is 11.2. The van der Waals surface area contributed by atoms with Gasteiger partial charge in [0, 0.05) is 30.6 Å². The molecule has 0 amide bonds. The van der Waals surface area contributed by atoms with Gasteiger partial charge in [-0.3, -0.25) is 0 Å². The van der Waals surface area contributed by atoms with Crippen LogP contribution in [0.3, 0.4) is 0 Å². The third-order valence-corrected chi connectivity index (χ3v) is 17.3. The monoisotopic (exact) mass is 1270 g/mol. The Morgan fingerprint density at radius 2 is 0.770 bits per heavy atom. The maximum atomic E-state index is 10.2. The Morgan fingerprint density at radius 3 is 1.20 bits per heavy atom. The van der Waals surface area contributed by atoms with Crippen LogP contribution in [0.1, 0.15) is 204 Å². The summed E-state index contributed by atoms with van der Waals surface area (Å²) in [5.41, 5.74) is 26.9. The Labute approximate surface area is 549 Å². The standard InChI is InChI=1S/C20H42.C14H12Cl2.C14H12ClN3.C14H14ClN.C14H13ClO.CH4/c1-7-18(4)12-9-14-20(6)16-10-15-19(5)13-8-11-17(2)3;1-10-7-8-13(15)12(9-10)14(16)11-5-3-2-4-6-11;1-10-7-8-13(15)12(9-10)14(17-18-16)11-5-3-2-4-6-11;2*1-10-7-8-13(15)12(9-10)14(16)11-5-3-2-4-6-11;/h17-20H,7-16H2,1-6H3;2-9,14H,1H3;2-9,14H,1H3;2-9,14H,16H2,1H3;2-9,14,16H,1H3;1H4. The Bertz CT molecular complexity index is 2990. The second-order valence-corrected chi connectivity index (χ2v) is 25.6. The molecule has 0 radical (unpaired) electrons. The highest BCUT2D eigenvalue weighted by atomic mass is 35.5. The van der Waals surface area contributed by atoms with Crippen LogP contribution in [-0.4, -0.2) is 5.11 Å². The molecule has 0 aliphatic rings. The molecule has 87 heavy (non-hydrogen) atoms. The topological polar surface area (TPSA) is 95.0 Å². The molecule has 10 heteroatoms. The van der Waals surface area contributed by atoms with Crippen molar-refractivity contribution in [2.24, 2.45) is 34.5 Å². The quantitative estimate of drug-likeness (QED) is 0.0306. The summed E-state index contributed by atoms with van der Waals surface area (Å²) < 4.78 is 0. The lowest BCUT2D eigenvalue weighted by Gasteiger charge is -2.15. The minimum absolute atomic E-state index is 0. The van der Waals surface area contributed by atoms with Crippen molar-refractivity contribution in [1.82, 2.24) is 0 Å². The SMILES string of the molecule is C.CCC(C)CCCC(C)CCCC(C)CCCC(C)C.Cc1ccc(Cl)c(C(Cl)c2ccccc2)c1.Cc1ccc(Cl)c(C(N)c2ccccc2)c1.Cc1ccc(Cl)c(C(N=[N+]=[N-])c2ccccc2)c1.Cc1ccc(Cl)c(C(O)c2ccccc2)c1. The zero-order valence-electron chi connectivity index (χ0n) is 52.4. The molecule has 0 heterocycles. The van der Waals surface area contributed by atoms with Gasteiger partial charge in [-0.1, -0.05) is 357 Å². The van der Waals surface area contributed by atoms with Crippen molar-refractivity contribution in [3.63, 3.8) is 0 Å². The number of hydrogen-bond acceptors (Lipinski definition) is 3. The van der Waals surface area contributed by atoms with E-state index in [0.29, 0.717) is 10.0 Å². The molecular weight excluding hydrogens is 1170 g/mol. The van der Waals surface area contributed by atoms with Crippen molar-refractivity contribution in [3.05, 3.63) is 291 Å². The van der Waals surface area contributed by atoms with Crippen molar-refractivity contribution in [2.45, 2.75) is 164 Å². The van der Waals surface area contributed by atoms with Gasteiger partial charge in [0.25, 0.3) is 0 Å². The minimum Gasteiger partial charge on any atom is -0.384 e. The second kappa shape index (κ2) is 41.6. The van der Waals surface area contributed by atoms with Crippen molar-refractivity contribution in [2.75, 3.05) is 0 Å². The summed E-state index contributed by atoms with van der Waals surface area (Å²) in [6.07, 6.45) is 13.7. The number of hydrogen-bond donors (Lipinski definition) is 2. The van der Waals surface area contributed by atoms with E-state index < -0.39 is 6.10 Å². The fraction of sp³-hybridized carbons (Fsp3) is 0.377. The molecule has 0 saturated carbocycles. The average molecular weight is 1270 g/mol. The molecule has 7 unspecified atom stereocenters. The van der Waals surface area contributed by atoms with Crippen LogP contribution in [0.2, 0.25) is 20.1 Å². The molecule has 5 nitrogen and oxygen atoms in total. The van der Waals surface area contributed by atoms with Crippen LogP contribution in [-0.2, 0) is 0 Å². The molecule has 8 aromatic rings. The predicted octanol–water partition coefficient (Wildman–Crippen LogP) is 25.6. The Hall–Kier alpha value is -5.56. The maximum absolute atomic E-state index is 10.2. The molecule has 3 N–H and O–H groups in total. The summed E-state index contributed by atoms with van der Waals surface area (Å²) in [7, 11) is 0. The largest absolute Gasteiger partial charge is 0.384 e. The molecule has 0 bridgehead atoms. The van der Waals surface area contributed by atoms with Gasteiger partial charge in [-0.15, -0.1) is 11.6 Å². The molecule has 466 valence electrons. The Kier molecular flexibility index (Phi) is 36.2. The van der Waals surface area contributed by atoms with E-state index in [1.165, 1.54) is 75.3 Å². The van der Waals surface area contributed by atoms with Crippen molar-refractivity contribution < 1.29 is 5.11 Å². The first-order valence-electron chi connectivity index (χ1n) is 30.6. The van der Waals surface area contributed by atoms with Gasteiger partial charge < -0.3 is 10.8 Å². The number of alkyl halides is 1. The predicted molar refractivity (Wildman–Crippen MR) is 380 cm³/mol. The first-order chi connectivity index (χ1) is 41.2. The first-order valence-corrected chi connectivity index (χ1v) is 32.5. The van der Waals surface area contributed by atoms with E-state index in [4.69, 9.17) is 69.3 Å². The number of nitrogens with zero attached hydrogens (tertiary/aromatic N) is 3. The number of halogens is 5. The van der Waals surface area contributed by atoms with Gasteiger partial charge in [0.2, 0.25) is 0 Å². The average Bonchev–Trinajstić information content (AvgIpc) is 2.97. The van der Waals surface area contributed by atoms with Crippen LogP contribution in [0, 0.1) is 51.4 Å². The van der Waals surface area contributed by atoms with Gasteiger partial charge >= 0.3 is 0 Å². The van der Waals surface area contributed by atoms with Gasteiger partial charge in [-0.25, -0.2) is 0 Å². The van der Waals surface area contributed by atoms with E-state index in [1.54, 1.807) is 0 Å². The summed E-state index contributed by atoms with van der Waals surface area (Å²) in [5, 5.41) is 16.5. The van der Waals surface area contributed by atoms with E-state index in [2.05, 4.69) is 51.6 Å². The van der Waals surface area contributed by atoms with Gasteiger partial charge in [0.05, 0.1) is 17.5 Å². The molecule has 0 aliphatic carbocycles.